The Labute approximate surface area is 188 Å². The number of aromatic nitrogens is 1. The Kier molecular flexibility index (Phi) is 7.46. The summed E-state index contributed by atoms with van der Waals surface area (Å²) in [6, 6.07) is 13.0. The molecule has 1 amide bonds. The molecule has 1 aromatic carbocycles. The van der Waals surface area contributed by atoms with Crippen LogP contribution in [0.4, 0.5) is 5.69 Å². The number of hydrogen-bond acceptors (Lipinski definition) is 9. The number of benzene rings is 1. The molecule has 1 N–H and O–H groups in total. The molecule has 3 aromatic rings. The highest BCUT2D eigenvalue weighted by molar-refractivity contribution is 5.82. The lowest BCUT2D eigenvalue weighted by Gasteiger charge is -2.10. The summed E-state index contributed by atoms with van der Waals surface area (Å²) < 4.78 is 16.0. The fraction of sp³-hybridized carbons (Fsp3) is 0.182. The molecular weight excluding hydrogens is 430 g/mol. The number of pyridine rings is 1. The van der Waals surface area contributed by atoms with Gasteiger partial charge in [-0.3, -0.25) is 14.9 Å². The summed E-state index contributed by atoms with van der Waals surface area (Å²) in [6.07, 6.45) is 1.25. The van der Waals surface area contributed by atoms with Crippen LogP contribution >= 0.6 is 0 Å². The van der Waals surface area contributed by atoms with Gasteiger partial charge in [0.2, 0.25) is 5.88 Å². The van der Waals surface area contributed by atoms with Gasteiger partial charge in [0.1, 0.15) is 23.2 Å². The number of hydrogen-bond donors (Lipinski definition) is 1. The number of hydrazone groups is 1. The second-order valence-corrected chi connectivity index (χ2v) is 6.71. The van der Waals surface area contributed by atoms with Crippen molar-refractivity contribution in [2.75, 3.05) is 13.7 Å². The van der Waals surface area contributed by atoms with Crippen LogP contribution in [-0.4, -0.2) is 35.7 Å². The third-order valence-corrected chi connectivity index (χ3v) is 4.32. The fourth-order valence-corrected chi connectivity index (χ4v) is 2.95. The van der Waals surface area contributed by atoms with Gasteiger partial charge in [0, 0.05) is 24.4 Å². The Morgan fingerprint density at radius 1 is 1.36 bits per heavy atom. The van der Waals surface area contributed by atoms with Gasteiger partial charge in [-0.05, 0) is 31.2 Å². The number of ether oxygens (including phenoxy) is 2. The second-order valence-electron chi connectivity index (χ2n) is 6.71. The van der Waals surface area contributed by atoms with Crippen molar-refractivity contribution in [3.8, 4) is 23.3 Å². The highest BCUT2D eigenvalue weighted by Crippen LogP contribution is 2.30. The Morgan fingerprint density at radius 3 is 2.88 bits per heavy atom. The number of amides is 1. The first kappa shape index (κ1) is 23.1. The van der Waals surface area contributed by atoms with Gasteiger partial charge >= 0.3 is 0 Å². The number of aryl methyl sites for hydroxylation is 1. The van der Waals surface area contributed by atoms with Gasteiger partial charge in [-0.15, -0.1) is 0 Å². The van der Waals surface area contributed by atoms with E-state index in [0.717, 1.165) is 0 Å². The Bertz CT molecular complexity index is 1240. The zero-order chi connectivity index (χ0) is 23.8. The first-order valence-corrected chi connectivity index (χ1v) is 9.60. The number of carbonyl (C=O) groups excluding carboxylic acids is 1. The van der Waals surface area contributed by atoms with E-state index in [0.29, 0.717) is 22.6 Å². The molecule has 0 radical (unpaired) electrons. The predicted octanol–water partition coefficient (Wildman–Crippen LogP) is 3.11. The molecule has 0 unspecified atom stereocenters. The standard InChI is InChI=1S/C22H19N5O6/c1-14-9-15(12-31-2)18(10-23)22(25-14)32-13-21(28)26-24-11-16-7-8-20(33-16)17-5-3-4-6-19(17)27(29)30/h3-9,11H,12-13H2,1-2H3,(H,26,28)/b24-11-. The Morgan fingerprint density at radius 2 is 2.15 bits per heavy atom. The van der Waals surface area contributed by atoms with Crippen molar-refractivity contribution < 1.29 is 23.6 Å². The normalized spacial score (nSPS) is 10.7. The summed E-state index contributed by atoms with van der Waals surface area (Å²) in [5.41, 5.74) is 3.92. The van der Waals surface area contributed by atoms with E-state index < -0.39 is 17.4 Å². The Hall–Kier alpha value is -4.56. The Balaban J connectivity index is 1.61. The van der Waals surface area contributed by atoms with E-state index in [9.17, 15) is 20.2 Å². The topological polar surface area (TPSA) is 153 Å². The largest absolute Gasteiger partial charge is 0.467 e. The molecule has 0 bridgehead atoms. The first-order chi connectivity index (χ1) is 15.9. The van der Waals surface area contributed by atoms with Crippen LogP contribution in [0.3, 0.4) is 0 Å². The van der Waals surface area contributed by atoms with Crippen molar-refractivity contribution in [3.63, 3.8) is 0 Å². The van der Waals surface area contributed by atoms with Crippen LogP contribution < -0.4 is 10.2 Å². The average Bonchev–Trinajstić information content (AvgIpc) is 3.26. The monoisotopic (exact) mass is 449 g/mol. The number of nitriles is 1. The van der Waals surface area contributed by atoms with E-state index in [-0.39, 0.29) is 29.5 Å². The molecule has 0 spiro atoms. The number of nitro benzene ring substituents is 1. The molecule has 11 heteroatoms. The highest BCUT2D eigenvalue weighted by Gasteiger charge is 2.17. The van der Waals surface area contributed by atoms with E-state index in [4.69, 9.17) is 13.9 Å². The van der Waals surface area contributed by atoms with E-state index in [1.807, 2.05) is 6.07 Å². The SMILES string of the molecule is COCc1cc(C)nc(OCC(=O)N/N=C\c2ccc(-c3ccccc3[N+](=O)[O-])o2)c1C#N. The van der Waals surface area contributed by atoms with E-state index in [1.165, 1.54) is 19.4 Å². The number of carbonyl (C=O) groups is 1. The first-order valence-electron chi connectivity index (χ1n) is 9.60. The molecule has 33 heavy (non-hydrogen) atoms. The molecular formula is C22H19N5O6. The molecule has 0 saturated carbocycles. The molecule has 0 fully saturated rings. The third kappa shape index (κ3) is 5.78. The van der Waals surface area contributed by atoms with Crippen molar-refractivity contribution in [2.24, 2.45) is 5.10 Å². The lowest BCUT2D eigenvalue weighted by molar-refractivity contribution is -0.384. The maximum absolute atomic E-state index is 12.1. The van der Waals surface area contributed by atoms with Crippen LogP contribution in [0.5, 0.6) is 5.88 Å². The highest BCUT2D eigenvalue weighted by atomic mass is 16.6. The number of methoxy groups -OCH3 is 1. The molecule has 0 aliphatic heterocycles. The lowest BCUT2D eigenvalue weighted by Crippen LogP contribution is -2.25. The van der Waals surface area contributed by atoms with Crippen molar-refractivity contribution in [3.05, 3.63) is 75.2 Å². The minimum atomic E-state index is -0.586. The summed E-state index contributed by atoms with van der Waals surface area (Å²) in [4.78, 5) is 26.9. The van der Waals surface area contributed by atoms with Gasteiger partial charge in [-0.1, -0.05) is 12.1 Å². The smallest absolute Gasteiger partial charge is 0.280 e. The molecule has 0 saturated heterocycles. The minimum absolute atomic E-state index is 0.0313. The summed E-state index contributed by atoms with van der Waals surface area (Å²) in [5, 5.41) is 24.3. The van der Waals surface area contributed by atoms with Gasteiger partial charge in [0.05, 0.1) is 23.3 Å². The molecule has 0 atom stereocenters. The third-order valence-electron chi connectivity index (χ3n) is 4.32. The summed E-state index contributed by atoms with van der Waals surface area (Å²) in [7, 11) is 1.51. The number of nitro groups is 1. The predicted molar refractivity (Wildman–Crippen MR) is 116 cm³/mol. The zero-order valence-corrected chi connectivity index (χ0v) is 17.8. The van der Waals surface area contributed by atoms with Crippen LogP contribution in [0, 0.1) is 28.4 Å². The van der Waals surface area contributed by atoms with Gasteiger partial charge in [-0.25, -0.2) is 10.4 Å². The van der Waals surface area contributed by atoms with Crippen molar-refractivity contribution in [1.29, 1.82) is 5.26 Å². The summed E-state index contributed by atoms with van der Waals surface area (Å²) in [5.74, 6) is 0.0153. The molecule has 2 heterocycles. The molecule has 0 aliphatic rings. The summed E-state index contributed by atoms with van der Waals surface area (Å²) >= 11 is 0. The fourth-order valence-electron chi connectivity index (χ4n) is 2.95. The van der Waals surface area contributed by atoms with Crippen molar-refractivity contribution in [2.45, 2.75) is 13.5 Å². The van der Waals surface area contributed by atoms with Gasteiger partial charge in [0.25, 0.3) is 11.6 Å². The van der Waals surface area contributed by atoms with Crippen molar-refractivity contribution in [1.82, 2.24) is 10.4 Å². The van der Waals surface area contributed by atoms with Gasteiger partial charge < -0.3 is 13.9 Å². The number of nitrogens with one attached hydrogen (secondary N) is 1. The quantitative estimate of drug-likeness (QED) is 0.297. The molecule has 0 aliphatic carbocycles. The molecule has 2 aromatic heterocycles. The average molecular weight is 449 g/mol. The summed E-state index contributed by atoms with van der Waals surface area (Å²) in [6.45, 7) is 1.52. The second kappa shape index (κ2) is 10.7. The number of nitrogens with zero attached hydrogens (tertiary/aromatic N) is 4. The molecule has 11 nitrogen and oxygen atoms in total. The van der Waals surface area contributed by atoms with Crippen LogP contribution in [0.15, 0.2) is 52.0 Å². The number of furan rings is 1. The lowest BCUT2D eigenvalue weighted by atomic mass is 10.1. The maximum Gasteiger partial charge on any atom is 0.280 e. The molecule has 168 valence electrons. The van der Waals surface area contributed by atoms with Crippen LogP contribution in [-0.2, 0) is 16.1 Å². The van der Waals surface area contributed by atoms with E-state index in [1.54, 1.807) is 43.3 Å². The van der Waals surface area contributed by atoms with Crippen LogP contribution in [0.2, 0.25) is 0 Å². The molecule has 3 rings (SSSR count). The number of para-hydroxylation sites is 1. The zero-order valence-electron chi connectivity index (χ0n) is 17.8. The van der Waals surface area contributed by atoms with Crippen LogP contribution in [0.1, 0.15) is 22.6 Å². The van der Waals surface area contributed by atoms with Crippen LogP contribution in [0.25, 0.3) is 11.3 Å². The van der Waals surface area contributed by atoms with Gasteiger partial charge in [0.15, 0.2) is 6.61 Å². The number of rotatable bonds is 9. The van der Waals surface area contributed by atoms with E-state index in [2.05, 4.69) is 15.5 Å². The maximum atomic E-state index is 12.1. The van der Waals surface area contributed by atoms with E-state index >= 15 is 0 Å². The minimum Gasteiger partial charge on any atom is -0.467 e. The van der Waals surface area contributed by atoms with Gasteiger partial charge in [-0.2, -0.15) is 10.4 Å². The van der Waals surface area contributed by atoms with Crippen molar-refractivity contribution >= 4 is 17.8 Å².